The van der Waals surface area contributed by atoms with Gasteiger partial charge in [0.1, 0.15) is 0 Å². The molecule has 0 aromatic heterocycles. The lowest BCUT2D eigenvalue weighted by molar-refractivity contribution is 0.0932. The van der Waals surface area contributed by atoms with Gasteiger partial charge in [-0.1, -0.05) is 20.3 Å². The molecule has 1 fully saturated rings. The third-order valence-corrected chi connectivity index (χ3v) is 3.48. The third-order valence-electron chi connectivity index (χ3n) is 2.43. The van der Waals surface area contributed by atoms with Gasteiger partial charge in [0.05, 0.1) is 12.7 Å². The molecule has 0 aliphatic carbocycles. The Hall–Kier alpha value is 0.110. The fourth-order valence-corrected chi connectivity index (χ4v) is 2.45. The SMILES string of the molecule is CCC(C)C1CCCOP(=O)(O)O1. The molecule has 0 saturated carbocycles. The van der Waals surface area contributed by atoms with Crippen LogP contribution in [0.25, 0.3) is 0 Å². The second kappa shape index (κ2) is 4.56. The maximum atomic E-state index is 11.2. The lowest BCUT2D eigenvalue weighted by Gasteiger charge is -2.21. The Balaban J connectivity index is 2.59. The summed E-state index contributed by atoms with van der Waals surface area (Å²) in [5.74, 6) is 0.308. The Labute approximate surface area is 78.9 Å². The molecule has 0 spiro atoms. The van der Waals surface area contributed by atoms with Crippen LogP contribution < -0.4 is 0 Å². The summed E-state index contributed by atoms with van der Waals surface area (Å²) >= 11 is 0. The van der Waals surface area contributed by atoms with Crippen LogP contribution in [0.3, 0.4) is 0 Å². The van der Waals surface area contributed by atoms with Crippen LogP contribution in [0.5, 0.6) is 0 Å². The van der Waals surface area contributed by atoms with Crippen LogP contribution in [-0.2, 0) is 13.6 Å². The highest BCUT2D eigenvalue weighted by atomic mass is 31.2. The van der Waals surface area contributed by atoms with Crippen molar-refractivity contribution >= 4 is 7.82 Å². The van der Waals surface area contributed by atoms with Crippen LogP contribution in [0.1, 0.15) is 33.1 Å². The molecule has 0 aromatic rings. The maximum Gasteiger partial charge on any atom is 0.472 e. The second-order valence-electron chi connectivity index (χ2n) is 3.47. The van der Waals surface area contributed by atoms with Crippen molar-refractivity contribution in [3.63, 3.8) is 0 Å². The van der Waals surface area contributed by atoms with Crippen molar-refractivity contribution in [3.05, 3.63) is 0 Å². The molecule has 1 heterocycles. The van der Waals surface area contributed by atoms with Crippen LogP contribution in [0.4, 0.5) is 0 Å². The molecule has 4 nitrogen and oxygen atoms in total. The number of hydrogen-bond donors (Lipinski definition) is 1. The first-order valence-electron chi connectivity index (χ1n) is 4.71. The molecule has 3 atom stereocenters. The van der Waals surface area contributed by atoms with E-state index in [0.29, 0.717) is 12.5 Å². The summed E-state index contributed by atoms with van der Waals surface area (Å²) in [6, 6.07) is 0. The minimum absolute atomic E-state index is 0.136. The van der Waals surface area contributed by atoms with Crippen LogP contribution in [-0.4, -0.2) is 17.6 Å². The highest BCUT2D eigenvalue weighted by molar-refractivity contribution is 7.47. The minimum atomic E-state index is -3.75. The van der Waals surface area contributed by atoms with Gasteiger partial charge in [-0.2, -0.15) is 0 Å². The second-order valence-corrected chi connectivity index (χ2v) is 4.88. The summed E-state index contributed by atoms with van der Waals surface area (Å²) in [6.07, 6.45) is 2.41. The lowest BCUT2D eigenvalue weighted by Crippen LogP contribution is -2.19. The van der Waals surface area contributed by atoms with E-state index in [4.69, 9.17) is 9.05 Å². The molecule has 1 saturated heterocycles. The van der Waals surface area contributed by atoms with Gasteiger partial charge in [-0.05, 0) is 18.8 Å². The molecule has 13 heavy (non-hydrogen) atoms. The normalized spacial score (nSPS) is 38.2. The van der Waals surface area contributed by atoms with Crippen molar-refractivity contribution in [1.29, 1.82) is 0 Å². The summed E-state index contributed by atoms with van der Waals surface area (Å²) in [5, 5.41) is 0. The molecular formula is C8H17O4P. The van der Waals surface area contributed by atoms with Crippen LogP contribution >= 0.6 is 7.82 Å². The maximum absolute atomic E-state index is 11.2. The first-order chi connectivity index (χ1) is 6.05. The lowest BCUT2D eigenvalue weighted by atomic mass is 9.98. The fourth-order valence-electron chi connectivity index (χ4n) is 1.37. The number of phosphoric ester groups is 1. The van der Waals surface area contributed by atoms with Crippen molar-refractivity contribution in [2.75, 3.05) is 6.61 Å². The summed E-state index contributed by atoms with van der Waals surface area (Å²) in [7, 11) is -3.75. The molecular weight excluding hydrogens is 191 g/mol. The van der Waals surface area contributed by atoms with Gasteiger partial charge in [0.25, 0.3) is 0 Å². The Morgan fingerprint density at radius 1 is 1.69 bits per heavy atom. The first kappa shape index (κ1) is 11.2. The summed E-state index contributed by atoms with van der Waals surface area (Å²) < 4.78 is 20.9. The summed E-state index contributed by atoms with van der Waals surface area (Å²) in [4.78, 5) is 9.18. The van der Waals surface area contributed by atoms with Crippen LogP contribution in [0.2, 0.25) is 0 Å². The van der Waals surface area contributed by atoms with Crippen molar-refractivity contribution in [1.82, 2.24) is 0 Å². The minimum Gasteiger partial charge on any atom is -0.302 e. The zero-order chi connectivity index (χ0) is 9.90. The largest absolute Gasteiger partial charge is 0.472 e. The summed E-state index contributed by atoms with van der Waals surface area (Å²) in [5.41, 5.74) is 0. The molecule has 1 rings (SSSR count). The highest BCUT2D eigenvalue weighted by Crippen LogP contribution is 2.48. The van der Waals surface area contributed by atoms with Crippen LogP contribution in [0, 0.1) is 5.92 Å². The van der Waals surface area contributed by atoms with Gasteiger partial charge in [-0.3, -0.25) is 9.05 Å². The van der Waals surface area contributed by atoms with Gasteiger partial charge in [0.15, 0.2) is 0 Å². The van der Waals surface area contributed by atoms with E-state index in [2.05, 4.69) is 0 Å². The van der Waals surface area contributed by atoms with Crippen molar-refractivity contribution in [2.24, 2.45) is 5.92 Å². The predicted molar refractivity (Wildman–Crippen MR) is 49.3 cm³/mol. The Morgan fingerprint density at radius 3 is 3.00 bits per heavy atom. The monoisotopic (exact) mass is 208 g/mol. The van der Waals surface area contributed by atoms with Gasteiger partial charge in [-0.25, -0.2) is 4.57 Å². The van der Waals surface area contributed by atoms with Crippen molar-refractivity contribution in [3.8, 4) is 0 Å². The van der Waals surface area contributed by atoms with Crippen molar-refractivity contribution in [2.45, 2.75) is 39.2 Å². The van der Waals surface area contributed by atoms with E-state index in [1.54, 1.807) is 0 Å². The first-order valence-corrected chi connectivity index (χ1v) is 6.20. The van der Waals surface area contributed by atoms with Gasteiger partial charge >= 0.3 is 7.82 Å². The quantitative estimate of drug-likeness (QED) is 0.707. The molecule has 0 radical (unpaired) electrons. The standard InChI is InChI=1S/C8H17O4P/c1-3-7(2)8-5-4-6-11-13(9,10)12-8/h7-8H,3-6H2,1-2H3,(H,9,10). The van der Waals surface area contributed by atoms with Crippen LogP contribution in [0.15, 0.2) is 0 Å². The summed E-state index contributed by atoms with van der Waals surface area (Å²) in [6.45, 7) is 4.39. The Kier molecular flexibility index (Phi) is 3.92. The molecule has 78 valence electrons. The van der Waals surface area contributed by atoms with Gasteiger partial charge in [0.2, 0.25) is 0 Å². The van der Waals surface area contributed by atoms with E-state index >= 15 is 0 Å². The molecule has 0 amide bonds. The molecule has 5 heteroatoms. The molecule has 1 aliphatic heterocycles. The Bertz CT molecular complexity index is 206. The molecule has 1 aliphatic rings. The third kappa shape index (κ3) is 3.39. The zero-order valence-electron chi connectivity index (χ0n) is 8.10. The van der Waals surface area contributed by atoms with E-state index < -0.39 is 7.82 Å². The topological polar surface area (TPSA) is 55.8 Å². The molecule has 0 aromatic carbocycles. The van der Waals surface area contributed by atoms with E-state index in [1.807, 2.05) is 13.8 Å². The number of phosphoric acid groups is 1. The average molecular weight is 208 g/mol. The van der Waals surface area contributed by atoms with Gasteiger partial charge in [-0.15, -0.1) is 0 Å². The predicted octanol–water partition coefficient (Wildman–Crippen LogP) is 2.33. The molecule has 1 N–H and O–H groups in total. The van der Waals surface area contributed by atoms with E-state index in [9.17, 15) is 9.46 Å². The van der Waals surface area contributed by atoms with E-state index in [1.165, 1.54) is 0 Å². The molecule has 0 bridgehead atoms. The van der Waals surface area contributed by atoms with E-state index in [-0.39, 0.29) is 6.10 Å². The zero-order valence-corrected chi connectivity index (χ0v) is 9.00. The van der Waals surface area contributed by atoms with E-state index in [0.717, 1.165) is 19.3 Å². The van der Waals surface area contributed by atoms with Gasteiger partial charge < -0.3 is 4.89 Å². The van der Waals surface area contributed by atoms with Gasteiger partial charge in [0, 0.05) is 0 Å². The smallest absolute Gasteiger partial charge is 0.302 e. The fraction of sp³-hybridized carbons (Fsp3) is 1.00. The Morgan fingerprint density at radius 2 is 2.38 bits per heavy atom. The average Bonchev–Trinajstić information content (AvgIpc) is 2.25. The number of rotatable bonds is 2. The van der Waals surface area contributed by atoms with Crippen molar-refractivity contribution < 1.29 is 18.5 Å². The highest BCUT2D eigenvalue weighted by Gasteiger charge is 2.31. The molecule has 3 unspecified atom stereocenters. The number of hydrogen-bond acceptors (Lipinski definition) is 3.